The summed E-state index contributed by atoms with van der Waals surface area (Å²) in [4.78, 5) is 12.1. The van der Waals surface area contributed by atoms with E-state index in [1.54, 1.807) is 18.2 Å². The number of amides is 1. The average Bonchev–Trinajstić information content (AvgIpc) is 3.13. The van der Waals surface area contributed by atoms with Crippen LogP contribution in [0.3, 0.4) is 0 Å². The van der Waals surface area contributed by atoms with Crippen LogP contribution in [-0.2, 0) is 21.4 Å². The zero-order valence-electron chi connectivity index (χ0n) is 18.3. The molecule has 1 aromatic carbocycles. The molecule has 0 aliphatic rings. The number of terminal acetylenes is 1. The van der Waals surface area contributed by atoms with Crippen molar-refractivity contribution < 1.29 is 13.2 Å². The van der Waals surface area contributed by atoms with Gasteiger partial charge in [0.1, 0.15) is 0 Å². The first kappa shape index (κ1) is 24.9. The zero-order valence-corrected chi connectivity index (χ0v) is 20.0. The van der Waals surface area contributed by atoms with Crippen LogP contribution in [0.4, 0.5) is 0 Å². The number of carbonyl (C=O) groups excluding carboxylic acids is 1. The minimum Gasteiger partial charge on any atom is -0.344 e. The van der Waals surface area contributed by atoms with Gasteiger partial charge < -0.3 is 9.88 Å². The molecule has 1 heterocycles. The molecule has 31 heavy (non-hydrogen) atoms. The van der Waals surface area contributed by atoms with Gasteiger partial charge in [0.25, 0.3) is 0 Å². The molecule has 10 heteroatoms. The Balaban J connectivity index is 2.39. The van der Waals surface area contributed by atoms with Crippen LogP contribution in [0, 0.1) is 18.3 Å². The van der Waals surface area contributed by atoms with Crippen LogP contribution < -0.4 is 5.32 Å². The number of sulfonamides is 1. The van der Waals surface area contributed by atoms with E-state index in [0.29, 0.717) is 42.1 Å². The van der Waals surface area contributed by atoms with E-state index in [4.69, 9.17) is 6.42 Å². The van der Waals surface area contributed by atoms with Crippen LogP contribution in [0.5, 0.6) is 0 Å². The Labute approximate surface area is 188 Å². The molecule has 0 unspecified atom stereocenters. The molecule has 1 N–H and O–H groups in total. The normalized spacial score (nSPS) is 11.6. The first-order valence-corrected chi connectivity index (χ1v) is 12.5. The lowest BCUT2D eigenvalue weighted by Crippen LogP contribution is -2.30. The lowest BCUT2D eigenvalue weighted by atomic mass is 10.2. The number of hydrogen-bond donors (Lipinski definition) is 1. The van der Waals surface area contributed by atoms with E-state index in [1.807, 2.05) is 24.5 Å². The third-order valence-electron chi connectivity index (χ3n) is 4.42. The minimum absolute atomic E-state index is 0.161. The second-order valence-electron chi connectivity index (χ2n) is 7.20. The van der Waals surface area contributed by atoms with E-state index in [1.165, 1.54) is 16.1 Å². The minimum atomic E-state index is -3.59. The molecule has 0 aliphatic carbocycles. The van der Waals surface area contributed by atoms with Gasteiger partial charge in [-0.15, -0.1) is 16.6 Å². The van der Waals surface area contributed by atoms with Gasteiger partial charge in [-0.1, -0.05) is 57.5 Å². The molecular formula is C21H29N5O3S2. The van der Waals surface area contributed by atoms with Crippen molar-refractivity contribution in [1.82, 2.24) is 24.4 Å². The summed E-state index contributed by atoms with van der Waals surface area (Å²) in [6, 6.07) is 6.74. The highest BCUT2D eigenvalue weighted by molar-refractivity contribution is 7.99. The van der Waals surface area contributed by atoms with E-state index in [0.717, 1.165) is 0 Å². The number of rotatable bonds is 11. The van der Waals surface area contributed by atoms with Crippen LogP contribution in [0.15, 0.2) is 34.3 Å². The summed E-state index contributed by atoms with van der Waals surface area (Å²) < 4.78 is 29.2. The molecular weight excluding hydrogens is 434 g/mol. The Morgan fingerprint density at radius 2 is 2.00 bits per heavy atom. The Kier molecular flexibility index (Phi) is 9.10. The van der Waals surface area contributed by atoms with Crippen LogP contribution in [0.2, 0.25) is 0 Å². The van der Waals surface area contributed by atoms with Crippen molar-refractivity contribution in [3.63, 3.8) is 0 Å². The Hall–Kier alpha value is -2.35. The van der Waals surface area contributed by atoms with Crippen LogP contribution in [-0.4, -0.2) is 58.8 Å². The standard InChI is InChI=1S/C21H29N5O3S2/c1-6-12-22-19(27)15-30-21-24-23-20(26(21)14-16(4)5)17-10-9-11-18(13-17)31(28,29)25(7-2)8-3/h1,9-11,13,16H,7-8,12,14-15H2,2-5H3,(H,22,27). The number of carbonyl (C=O) groups is 1. The number of benzene rings is 1. The van der Waals surface area contributed by atoms with Crippen molar-refractivity contribution in [3.8, 4) is 23.7 Å². The quantitative estimate of drug-likeness (QED) is 0.406. The summed E-state index contributed by atoms with van der Waals surface area (Å²) in [7, 11) is -3.59. The highest BCUT2D eigenvalue weighted by Crippen LogP contribution is 2.27. The van der Waals surface area contributed by atoms with Gasteiger partial charge in [-0.25, -0.2) is 8.42 Å². The Morgan fingerprint density at radius 1 is 1.29 bits per heavy atom. The van der Waals surface area contributed by atoms with Crippen molar-refractivity contribution in [2.45, 2.75) is 44.3 Å². The van der Waals surface area contributed by atoms with Gasteiger partial charge in [0.2, 0.25) is 15.9 Å². The van der Waals surface area contributed by atoms with Gasteiger partial charge in [0.05, 0.1) is 17.2 Å². The number of aromatic nitrogens is 3. The van der Waals surface area contributed by atoms with Crippen LogP contribution in [0.1, 0.15) is 27.7 Å². The molecule has 2 aromatic rings. The molecule has 8 nitrogen and oxygen atoms in total. The van der Waals surface area contributed by atoms with Crippen LogP contribution >= 0.6 is 11.8 Å². The van der Waals surface area contributed by atoms with Crippen molar-refractivity contribution in [3.05, 3.63) is 24.3 Å². The molecule has 0 saturated carbocycles. The largest absolute Gasteiger partial charge is 0.344 e. The fourth-order valence-corrected chi connectivity index (χ4v) is 5.26. The maximum atomic E-state index is 12.9. The Bertz CT molecular complexity index is 1040. The van der Waals surface area contributed by atoms with Gasteiger partial charge in [0.15, 0.2) is 11.0 Å². The SMILES string of the molecule is C#CCNC(=O)CSc1nnc(-c2cccc(S(=O)(=O)N(CC)CC)c2)n1CC(C)C. The molecule has 1 aromatic heterocycles. The maximum absolute atomic E-state index is 12.9. The summed E-state index contributed by atoms with van der Waals surface area (Å²) in [6.45, 7) is 9.37. The predicted octanol–water partition coefficient (Wildman–Crippen LogP) is 2.47. The first-order chi connectivity index (χ1) is 14.7. The monoisotopic (exact) mass is 463 g/mol. The topological polar surface area (TPSA) is 97.2 Å². The van der Waals surface area contributed by atoms with Crippen molar-refractivity contribution in [2.75, 3.05) is 25.4 Å². The fourth-order valence-electron chi connectivity index (χ4n) is 2.98. The molecule has 1 amide bonds. The lowest BCUT2D eigenvalue weighted by Gasteiger charge is -2.19. The summed E-state index contributed by atoms with van der Waals surface area (Å²) in [5, 5.41) is 11.8. The number of hydrogen-bond acceptors (Lipinski definition) is 6. The van der Waals surface area contributed by atoms with Crippen molar-refractivity contribution >= 4 is 27.7 Å². The highest BCUT2D eigenvalue weighted by atomic mass is 32.2. The van der Waals surface area contributed by atoms with Gasteiger partial charge in [-0.2, -0.15) is 4.31 Å². The summed E-state index contributed by atoms with van der Waals surface area (Å²) in [5.41, 5.74) is 0.657. The van der Waals surface area contributed by atoms with E-state index < -0.39 is 10.0 Å². The van der Waals surface area contributed by atoms with E-state index in [2.05, 4.69) is 35.3 Å². The Morgan fingerprint density at radius 3 is 2.61 bits per heavy atom. The van der Waals surface area contributed by atoms with E-state index in [9.17, 15) is 13.2 Å². The number of thioether (sulfide) groups is 1. The maximum Gasteiger partial charge on any atom is 0.243 e. The molecule has 168 valence electrons. The molecule has 0 fully saturated rings. The molecule has 0 atom stereocenters. The molecule has 0 radical (unpaired) electrons. The zero-order chi connectivity index (χ0) is 23.0. The van der Waals surface area contributed by atoms with Gasteiger partial charge in [-0.05, 0) is 18.1 Å². The highest BCUT2D eigenvalue weighted by Gasteiger charge is 2.23. The summed E-state index contributed by atoms with van der Waals surface area (Å²) in [6.07, 6.45) is 5.17. The third-order valence-corrected chi connectivity index (χ3v) is 7.43. The molecule has 0 spiro atoms. The number of nitrogens with one attached hydrogen (secondary N) is 1. The molecule has 2 rings (SSSR count). The van der Waals surface area contributed by atoms with Gasteiger partial charge in [-0.3, -0.25) is 4.79 Å². The average molecular weight is 464 g/mol. The number of nitrogens with zero attached hydrogens (tertiary/aromatic N) is 4. The molecule has 0 saturated heterocycles. The summed E-state index contributed by atoms with van der Waals surface area (Å²) in [5.74, 6) is 3.21. The first-order valence-electron chi connectivity index (χ1n) is 10.1. The van der Waals surface area contributed by atoms with Gasteiger partial charge in [0, 0.05) is 25.2 Å². The fraction of sp³-hybridized carbons (Fsp3) is 0.476. The molecule has 0 aliphatic heterocycles. The summed E-state index contributed by atoms with van der Waals surface area (Å²) >= 11 is 1.27. The van der Waals surface area contributed by atoms with Crippen molar-refractivity contribution in [1.29, 1.82) is 0 Å². The van der Waals surface area contributed by atoms with E-state index >= 15 is 0 Å². The smallest absolute Gasteiger partial charge is 0.243 e. The predicted molar refractivity (Wildman–Crippen MR) is 123 cm³/mol. The van der Waals surface area contributed by atoms with E-state index in [-0.39, 0.29) is 23.1 Å². The van der Waals surface area contributed by atoms with Gasteiger partial charge >= 0.3 is 0 Å². The third kappa shape index (κ3) is 6.32. The van der Waals surface area contributed by atoms with Crippen molar-refractivity contribution in [2.24, 2.45) is 5.92 Å². The lowest BCUT2D eigenvalue weighted by molar-refractivity contribution is -0.118. The molecule has 0 bridgehead atoms. The second-order valence-corrected chi connectivity index (χ2v) is 10.1. The van der Waals surface area contributed by atoms with Crippen LogP contribution in [0.25, 0.3) is 11.4 Å². The second kappa shape index (κ2) is 11.3.